The summed E-state index contributed by atoms with van der Waals surface area (Å²) in [4.78, 5) is 16.0. The van der Waals surface area contributed by atoms with Crippen molar-refractivity contribution in [3.63, 3.8) is 0 Å². The molecule has 3 nitrogen and oxygen atoms in total. The van der Waals surface area contributed by atoms with Gasteiger partial charge in [0.2, 0.25) is 0 Å². The topological polar surface area (TPSA) is 42.0 Å². The van der Waals surface area contributed by atoms with Crippen LogP contribution in [0.2, 0.25) is 10.0 Å². The molecule has 0 aliphatic carbocycles. The highest BCUT2D eigenvalue weighted by Crippen LogP contribution is 2.20. The highest BCUT2D eigenvalue weighted by molar-refractivity contribution is 6.35. The molecule has 1 aromatic heterocycles. The van der Waals surface area contributed by atoms with Crippen LogP contribution in [0.5, 0.6) is 0 Å². The first-order valence-corrected chi connectivity index (χ1v) is 8.91. The number of halogens is 2. The van der Waals surface area contributed by atoms with Gasteiger partial charge < -0.3 is 5.32 Å². The summed E-state index contributed by atoms with van der Waals surface area (Å²) in [5.74, 6) is -0.271. The average molecular weight is 383 g/mol. The lowest BCUT2D eigenvalue weighted by Crippen LogP contribution is -2.12. The van der Waals surface area contributed by atoms with Crippen LogP contribution in [0.25, 0.3) is 0 Å². The number of benzene rings is 1. The highest BCUT2D eigenvalue weighted by Gasteiger charge is 2.08. The van der Waals surface area contributed by atoms with Gasteiger partial charge in [-0.05, 0) is 36.8 Å². The summed E-state index contributed by atoms with van der Waals surface area (Å²) in [6, 6.07) is 6.53. The fourth-order valence-electron chi connectivity index (χ4n) is 2.01. The van der Waals surface area contributed by atoms with Crippen molar-refractivity contribution in [2.24, 2.45) is 0 Å². The van der Waals surface area contributed by atoms with E-state index in [0.717, 1.165) is 5.56 Å². The minimum atomic E-state index is -0.271. The lowest BCUT2D eigenvalue weighted by atomic mass is 10.2. The van der Waals surface area contributed by atoms with Gasteiger partial charge in [-0.1, -0.05) is 70.2 Å². The van der Waals surface area contributed by atoms with Gasteiger partial charge in [0, 0.05) is 21.8 Å². The van der Waals surface area contributed by atoms with Crippen LogP contribution in [0.3, 0.4) is 0 Å². The Hall–Kier alpha value is -1.58. The third kappa shape index (κ3) is 9.47. The van der Waals surface area contributed by atoms with Crippen LogP contribution < -0.4 is 5.32 Å². The molecule has 0 radical (unpaired) electrons. The lowest BCUT2D eigenvalue weighted by molar-refractivity contribution is 0.102. The molecule has 0 fully saturated rings. The summed E-state index contributed by atoms with van der Waals surface area (Å²) in [6.45, 7) is 6.37. The molecule has 0 saturated heterocycles. The third-order valence-electron chi connectivity index (χ3n) is 3.21. The van der Waals surface area contributed by atoms with Crippen molar-refractivity contribution in [1.82, 2.24) is 4.98 Å². The number of anilines is 1. The summed E-state index contributed by atoms with van der Waals surface area (Å²) in [6.07, 6.45) is 8.83. The molecule has 25 heavy (non-hydrogen) atoms. The number of nitrogens with zero attached hydrogens (tertiary/aromatic N) is 1. The fraction of sp³-hybridized carbons (Fsp3) is 0.400. The minimum absolute atomic E-state index is 0. The molecule has 1 N–H and O–H groups in total. The van der Waals surface area contributed by atoms with Gasteiger partial charge in [-0.2, -0.15) is 0 Å². The Morgan fingerprint density at radius 2 is 1.56 bits per heavy atom. The van der Waals surface area contributed by atoms with Crippen molar-refractivity contribution in [2.45, 2.75) is 53.9 Å². The van der Waals surface area contributed by atoms with Gasteiger partial charge in [0.25, 0.3) is 5.91 Å². The minimum Gasteiger partial charge on any atom is -0.321 e. The van der Waals surface area contributed by atoms with Crippen molar-refractivity contribution in [2.75, 3.05) is 5.32 Å². The van der Waals surface area contributed by atoms with Crippen LogP contribution in [0.1, 0.15) is 62.9 Å². The van der Waals surface area contributed by atoms with Crippen molar-refractivity contribution in [3.8, 4) is 0 Å². The van der Waals surface area contributed by atoms with Gasteiger partial charge >= 0.3 is 0 Å². The molecule has 2 aromatic rings. The van der Waals surface area contributed by atoms with Crippen molar-refractivity contribution in [3.05, 3.63) is 57.8 Å². The molecule has 0 saturated carbocycles. The maximum Gasteiger partial charge on any atom is 0.255 e. The van der Waals surface area contributed by atoms with E-state index in [0.29, 0.717) is 21.3 Å². The van der Waals surface area contributed by atoms with E-state index in [-0.39, 0.29) is 13.3 Å². The Morgan fingerprint density at radius 3 is 2.04 bits per heavy atom. The molecule has 1 amide bonds. The number of unbranched alkanes of at least 4 members (excludes halogenated alkanes) is 3. The van der Waals surface area contributed by atoms with E-state index in [1.807, 2.05) is 13.0 Å². The van der Waals surface area contributed by atoms with Crippen LogP contribution in [0.4, 0.5) is 5.69 Å². The first-order valence-electron chi connectivity index (χ1n) is 8.15. The maximum absolute atomic E-state index is 12.0. The zero-order chi connectivity index (χ0) is 17.9. The number of aromatic nitrogens is 1. The maximum atomic E-state index is 12.0. The molecule has 1 heterocycles. The van der Waals surface area contributed by atoms with Crippen LogP contribution >= 0.6 is 23.2 Å². The molecule has 5 heteroatoms. The number of pyridine rings is 1. The van der Waals surface area contributed by atoms with E-state index in [4.69, 9.17) is 23.2 Å². The number of nitrogens with one attached hydrogen (secondary N) is 1. The second-order valence-electron chi connectivity index (χ2n) is 5.57. The normalized spacial score (nSPS) is 9.48. The van der Waals surface area contributed by atoms with Crippen LogP contribution in [0.15, 0.2) is 36.7 Å². The fourth-order valence-corrected chi connectivity index (χ4v) is 2.54. The molecule has 0 atom stereocenters. The number of amides is 1. The SMILES string of the molecule is C.CCCCCC.Cc1cncc(NC(=O)c2cc(Cl)cc(Cl)c2)c1. The average Bonchev–Trinajstić information content (AvgIpc) is 2.52. The monoisotopic (exact) mass is 382 g/mol. The largest absolute Gasteiger partial charge is 0.321 e. The van der Waals surface area contributed by atoms with Crippen molar-refractivity contribution in [1.29, 1.82) is 0 Å². The quantitative estimate of drug-likeness (QED) is 0.556. The molecule has 0 spiro atoms. The summed E-state index contributed by atoms with van der Waals surface area (Å²) in [5.41, 5.74) is 2.02. The summed E-state index contributed by atoms with van der Waals surface area (Å²) in [5, 5.41) is 3.59. The van der Waals surface area contributed by atoms with E-state index in [2.05, 4.69) is 24.1 Å². The number of aryl methyl sites for hydroxylation is 1. The molecule has 0 aliphatic heterocycles. The number of carbonyl (C=O) groups is 1. The number of hydrogen-bond acceptors (Lipinski definition) is 2. The van der Waals surface area contributed by atoms with Gasteiger partial charge in [0.15, 0.2) is 0 Å². The van der Waals surface area contributed by atoms with E-state index in [9.17, 15) is 4.79 Å². The molecule has 1 aromatic carbocycles. The predicted molar refractivity (Wildman–Crippen MR) is 110 cm³/mol. The van der Waals surface area contributed by atoms with Gasteiger partial charge in [-0.25, -0.2) is 0 Å². The van der Waals surface area contributed by atoms with E-state index >= 15 is 0 Å². The summed E-state index contributed by atoms with van der Waals surface area (Å²) in [7, 11) is 0. The number of rotatable bonds is 5. The van der Waals surface area contributed by atoms with Crippen LogP contribution in [-0.4, -0.2) is 10.9 Å². The second-order valence-corrected chi connectivity index (χ2v) is 6.44. The Bertz CT molecular complexity index is 636. The zero-order valence-corrected chi connectivity index (χ0v) is 15.9. The predicted octanol–water partition coefficient (Wildman–Crippen LogP) is 7.17. The second kappa shape index (κ2) is 12.7. The zero-order valence-electron chi connectivity index (χ0n) is 14.4. The Balaban J connectivity index is 0.000000715. The van der Waals surface area contributed by atoms with Crippen molar-refractivity contribution >= 4 is 34.8 Å². The Labute approximate surface area is 161 Å². The highest BCUT2D eigenvalue weighted by atomic mass is 35.5. The molecular weight excluding hydrogens is 355 g/mol. The van der Waals surface area contributed by atoms with Gasteiger partial charge in [0.1, 0.15) is 0 Å². The van der Waals surface area contributed by atoms with E-state index < -0.39 is 0 Å². The van der Waals surface area contributed by atoms with Crippen LogP contribution in [0, 0.1) is 6.92 Å². The molecule has 138 valence electrons. The molecule has 0 bridgehead atoms. The molecular formula is C20H28Cl2N2O. The Kier molecular flexibility index (Phi) is 11.9. The van der Waals surface area contributed by atoms with E-state index in [1.165, 1.54) is 25.7 Å². The first kappa shape index (κ1) is 23.4. The third-order valence-corrected chi connectivity index (χ3v) is 3.65. The van der Waals surface area contributed by atoms with Gasteiger partial charge in [-0.15, -0.1) is 0 Å². The summed E-state index contributed by atoms with van der Waals surface area (Å²) < 4.78 is 0. The molecule has 0 unspecified atom stereocenters. The lowest BCUT2D eigenvalue weighted by Gasteiger charge is -2.06. The molecule has 0 aliphatic rings. The Morgan fingerprint density at radius 1 is 1.00 bits per heavy atom. The number of hydrogen-bond donors (Lipinski definition) is 1. The van der Waals surface area contributed by atoms with Crippen molar-refractivity contribution < 1.29 is 4.79 Å². The molecule has 2 rings (SSSR count). The smallest absolute Gasteiger partial charge is 0.255 e. The number of carbonyl (C=O) groups excluding carboxylic acids is 1. The van der Waals surface area contributed by atoms with Crippen LogP contribution in [-0.2, 0) is 0 Å². The summed E-state index contributed by atoms with van der Waals surface area (Å²) >= 11 is 11.7. The van der Waals surface area contributed by atoms with Gasteiger partial charge in [-0.3, -0.25) is 9.78 Å². The van der Waals surface area contributed by atoms with Gasteiger partial charge in [0.05, 0.1) is 11.9 Å². The first-order chi connectivity index (χ1) is 11.5. The standard InChI is InChI=1S/C13H10Cl2N2O.C6H14.CH4/c1-8-2-12(7-16-6-8)17-13(18)9-3-10(14)5-11(15)4-9;1-3-5-6-4-2;/h2-7H,1H3,(H,17,18);3-6H2,1-2H3;1H4. The van der Waals surface area contributed by atoms with E-state index in [1.54, 1.807) is 30.6 Å².